The van der Waals surface area contributed by atoms with E-state index < -0.39 is 0 Å². The fourth-order valence-electron chi connectivity index (χ4n) is 2.34. The van der Waals surface area contributed by atoms with E-state index in [9.17, 15) is 4.79 Å². The molecule has 1 aliphatic carbocycles. The summed E-state index contributed by atoms with van der Waals surface area (Å²) < 4.78 is 0. The van der Waals surface area contributed by atoms with Crippen molar-refractivity contribution in [1.82, 2.24) is 10.2 Å². The highest BCUT2D eigenvalue weighted by molar-refractivity contribution is 5.78. The van der Waals surface area contributed by atoms with Crippen molar-refractivity contribution in [2.45, 2.75) is 64.5 Å². The van der Waals surface area contributed by atoms with Gasteiger partial charge < -0.3 is 10.2 Å². The van der Waals surface area contributed by atoms with Gasteiger partial charge in [-0.15, -0.1) is 0 Å². The Morgan fingerprint density at radius 3 is 2.62 bits per heavy atom. The average molecular weight is 226 g/mol. The highest BCUT2D eigenvalue weighted by Gasteiger charge is 2.18. The molecule has 0 bridgehead atoms. The maximum absolute atomic E-state index is 11.9. The minimum absolute atomic E-state index is 0.229. The maximum atomic E-state index is 11.9. The van der Waals surface area contributed by atoms with Crippen LogP contribution in [-0.2, 0) is 4.79 Å². The average Bonchev–Trinajstić information content (AvgIpc) is 2.78. The number of likely N-dealkylation sites (N-methyl/N-ethyl adjacent to an activating group) is 1. The van der Waals surface area contributed by atoms with E-state index in [1.807, 2.05) is 11.9 Å². The van der Waals surface area contributed by atoms with Crippen LogP contribution in [0, 0.1) is 0 Å². The quantitative estimate of drug-likeness (QED) is 0.753. The zero-order valence-electron chi connectivity index (χ0n) is 11.0. The molecule has 0 aliphatic heterocycles. The van der Waals surface area contributed by atoms with Crippen LogP contribution in [-0.4, -0.2) is 36.5 Å². The van der Waals surface area contributed by atoms with Crippen molar-refractivity contribution in [2.75, 3.05) is 13.6 Å². The molecule has 3 heteroatoms. The summed E-state index contributed by atoms with van der Waals surface area (Å²) in [6.45, 7) is 4.79. The van der Waals surface area contributed by atoms with Gasteiger partial charge in [0, 0.05) is 19.1 Å². The Hall–Kier alpha value is -0.570. The zero-order valence-corrected chi connectivity index (χ0v) is 11.0. The summed E-state index contributed by atoms with van der Waals surface area (Å²) in [7, 11) is 1.92. The standard InChI is InChI=1S/C13H26N2O/c1-4-7-11(2)15(3)13(16)10-14-12-8-5-6-9-12/h11-12,14H,4-10H2,1-3H3. The monoisotopic (exact) mass is 226 g/mol. The van der Waals surface area contributed by atoms with Crippen LogP contribution in [0.5, 0.6) is 0 Å². The lowest BCUT2D eigenvalue weighted by molar-refractivity contribution is -0.130. The van der Waals surface area contributed by atoms with Gasteiger partial charge in [0.1, 0.15) is 0 Å². The smallest absolute Gasteiger partial charge is 0.236 e. The van der Waals surface area contributed by atoms with E-state index in [2.05, 4.69) is 19.2 Å². The molecule has 1 aliphatic rings. The zero-order chi connectivity index (χ0) is 12.0. The van der Waals surface area contributed by atoms with Crippen LogP contribution in [0.3, 0.4) is 0 Å². The number of nitrogens with one attached hydrogen (secondary N) is 1. The molecule has 1 rings (SSSR count). The summed E-state index contributed by atoms with van der Waals surface area (Å²) in [5.41, 5.74) is 0. The number of carbonyl (C=O) groups is 1. The largest absolute Gasteiger partial charge is 0.342 e. The Morgan fingerprint density at radius 1 is 1.44 bits per heavy atom. The Kier molecular flexibility index (Phi) is 5.81. The molecule has 0 saturated heterocycles. The summed E-state index contributed by atoms with van der Waals surface area (Å²) in [4.78, 5) is 13.8. The van der Waals surface area contributed by atoms with Crippen LogP contribution in [0.15, 0.2) is 0 Å². The second kappa shape index (κ2) is 6.89. The van der Waals surface area contributed by atoms with Gasteiger partial charge in [0.05, 0.1) is 6.54 Å². The summed E-state index contributed by atoms with van der Waals surface area (Å²) in [6.07, 6.45) is 7.32. The third kappa shape index (κ3) is 4.12. The van der Waals surface area contributed by atoms with Crippen LogP contribution in [0.2, 0.25) is 0 Å². The molecule has 94 valence electrons. The van der Waals surface area contributed by atoms with Gasteiger partial charge in [0.2, 0.25) is 5.91 Å². The van der Waals surface area contributed by atoms with Crippen molar-refractivity contribution in [2.24, 2.45) is 0 Å². The van der Waals surface area contributed by atoms with Crippen molar-refractivity contribution in [3.05, 3.63) is 0 Å². The molecule has 1 saturated carbocycles. The van der Waals surface area contributed by atoms with Crippen molar-refractivity contribution < 1.29 is 4.79 Å². The van der Waals surface area contributed by atoms with Crippen molar-refractivity contribution in [3.63, 3.8) is 0 Å². The number of nitrogens with zero attached hydrogens (tertiary/aromatic N) is 1. The number of carbonyl (C=O) groups excluding carboxylic acids is 1. The number of hydrogen-bond donors (Lipinski definition) is 1. The van der Waals surface area contributed by atoms with Crippen LogP contribution in [0.25, 0.3) is 0 Å². The van der Waals surface area contributed by atoms with Crippen LogP contribution in [0.1, 0.15) is 52.4 Å². The molecule has 0 heterocycles. The van der Waals surface area contributed by atoms with Gasteiger partial charge in [-0.25, -0.2) is 0 Å². The lowest BCUT2D eigenvalue weighted by atomic mass is 10.1. The second-order valence-electron chi connectivity index (χ2n) is 5.00. The van der Waals surface area contributed by atoms with Crippen molar-refractivity contribution >= 4 is 5.91 Å². The molecular formula is C13H26N2O. The molecule has 0 aromatic heterocycles. The minimum Gasteiger partial charge on any atom is -0.342 e. The first kappa shape index (κ1) is 13.5. The highest BCUT2D eigenvalue weighted by Crippen LogP contribution is 2.17. The van der Waals surface area contributed by atoms with Gasteiger partial charge >= 0.3 is 0 Å². The molecule has 1 unspecified atom stereocenters. The third-order valence-corrected chi connectivity index (χ3v) is 3.66. The molecule has 0 spiro atoms. The molecule has 16 heavy (non-hydrogen) atoms. The Morgan fingerprint density at radius 2 is 2.06 bits per heavy atom. The van der Waals surface area contributed by atoms with Gasteiger partial charge in [-0.05, 0) is 26.2 Å². The molecule has 1 fully saturated rings. The predicted octanol–water partition coefficient (Wildman–Crippen LogP) is 2.17. The van der Waals surface area contributed by atoms with E-state index in [1.165, 1.54) is 25.7 Å². The van der Waals surface area contributed by atoms with E-state index >= 15 is 0 Å². The van der Waals surface area contributed by atoms with E-state index in [0.29, 0.717) is 18.6 Å². The van der Waals surface area contributed by atoms with Gasteiger partial charge in [-0.1, -0.05) is 26.2 Å². The first-order valence-electron chi connectivity index (χ1n) is 6.64. The summed E-state index contributed by atoms with van der Waals surface area (Å²) in [6, 6.07) is 0.946. The van der Waals surface area contributed by atoms with Crippen LogP contribution < -0.4 is 5.32 Å². The number of hydrogen-bond acceptors (Lipinski definition) is 2. The Balaban J connectivity index is 2.22. The van der Waals surface area contributed by atoms with Gasteiger partial charge in [0.15, 0.2) is 0 Å². The molecule has 1 amide bonds. The summed E-state index contributed by atoms with van der Waals surface area (Å²) in [5.74, 6) is 0.229. The topological polar surface area (TPSA) is 32.3 Å². The Bertz CT molecular complexity index is 212. The molecular weight excluding hydrogens is 200 g/mol. The van der Waals surface area contributed by atoms with E-state index in [4.69, 9.17) is 0 Å². The second-order valence-corrected chi connectivity index (χ2v) is 5.00. The highest BCUT2D eigenvalue weighted by atomic mass is 16.2. The van der Waals surface area contributed by atoms with Gasteiger partial charge in [0.25, 0.3) is 0 Å². The lowest BCUT2D eigenvalue weighted by Gasteiger charge is -2.25. The van der Waals surface area contributed by atoms with Crippen LogP contribution >= 0.6 is 0 Å². The number of amides is 1. The van der Waals surface area contributed by atoms with Crippen molar-refractivity contribution in [1.29, 1.82) is 0 Å². The predicted molar refractivity (Wildman–Crippen MR) is 67.4 cm³/mol. The first-order valence-corrected chi connectivity index (χ1v) is 6.64. The van der Waals surface area contributed by atoms with Gasteiger partial charge in [-0.3, -0.25) is 4.79 Å². The van der Waals surface area contributed by atoms with E-state index in [1.54, 1.807) is 0 Å². The fraction of sp³-hybridized carbons (Fsp3) is 0.923. The van der Waals surface area contributed by atoms with E-state index in [0.717, 1.165) is 12.8 Å². The minimum atomic E-state index is 0.229. The lowest BCUT2D eigenvalue weighted by Crippen LogP contribution is -2.42. The third-order valence-electron chi connectivity index (χ3n) is 3.66. The SMILES string of the molecule is CCCC(C)N(C)C(=O)CNC1CCCC1. The number of rotatable bonds is 6. The fourth-order valence-corrected chi connectivity index (χ4v) is 2.34. The maximum Gasteiger partial charge on any atom is 0.236 e. The molecule has 0 radical (unpaired) electrons. The van der Waals surface area contributed by atoms with Crippen LogP contribution in [0.4, 0.5) is 0 Å². The molecule has 1 atom stereocenters. The molecule has 0 aromatic carbocycles. The van der Waals surface area contributed by atoms with E-state index in [-0.39, 0.29) is 5.91 Å². The molecule has 3 nitrogen and oxygen atoms in total. The van der Waals surface area contributed by atoms with Gasteiger partial charge in [-0.2, -0.15) is 0 Å². The molecule has 1 N–H and O–H groups in total. The first-order chi connectivity index (χ1) is 7.65. The van der Waals surface area contributed by atoms with Crippen molar-refractivity contribution in [3.8, 4) is 0 Å². The molecule has 0 aromatic rings. The normalized spacial score (nSPS) is 18.7. The summed E-state index contributed by atoms with van der Waals surface area (Å²) >= 11 is 0. The summed E-state index contributed by atoms with van der Waals surface area (Å²) in [5, 5.41) is 3.37. The Labute approximate surface area is 99.6 Å².